The maximum atomic E-state index is 12.1. The monoisotopic (exact) mass is 424 g/mol. The highest BCUT2D eigenvalue weighted by molar-refractivity contribution is 8.00. The summed E-state index contributed by atoms with van der Waals surface area (Å²) in [5.41, 5.74) is 1.48. The van der Waals surface area contributed by atoms with Crippen LogP contribution in [0.1, 0.15) is 25.7 Å². The average Bonchev–Trinajstić information content (AvgIpc) is 3.31. The molecule has 8 heteroatoms. The number of ether oxygens (including phenoxy) is 1. The van der Waals surface area contributed by atoms with Gasteiger partial charge in [0, 0.05) is 17.4 Å². The van der Waals surface area contributed by atoms with Crippen molar-refractivity contribution in [2.75, 3.05) is 5.75 Å². The lowest BCUT2D eigenvalue weighted by molar-refractivity contribution is -0.134. The van der Waals surface area contributed by atoms with Crippen molar-refractivity contribution in [3.63, 3.8) is 0 Å². The first kappa shape index (κ1) is 20.4. The molecule has 2 fully saturated rings. The molecule has 0 bridgehead atoms. The van der Waals surface area contributed by atoms with Crippen LogP contribution in [0.25, 0.3) is 0 Å². The van der Waals surface area contributed by atoms with Gasteiger partial charge >= 0.3 is 12.0 Å². The Bertz CT molecular complexity index is 904. The summed E-state index contributed by atoms with van der Waals surface area (Å²) in [5.74, 6) is 1.23. The molecule has 2 amide bonds. The van der Waals surface area contributed by atoms with Gasteiger partial charge in [0.15, 0.2) is 0 Å². The Balaban J connectivity index is 1.16. The third-order valence-corrected chi connectivity index (χ3v) is 6.67. The van der Waals surface area contributed by atoms with E-state index in [-0.39, 0.29) is 24.1 Å². The predicted octanol–water partition coefficient (Wildman–Crippen LogP) is 4.73. The highest BCUT2D eigenvalue weighted by Gasteiger charge is 2.42. The van der Waals surface area contributed by atoms with Crippen LogP contribution in [0.2, 0.25) is 0 Å². The summed E-state index contributed by atoms with van der Waals surface area (Å²) in [6.07, 6.45) is 3.08. The molecule has 2 aliphatic heterocycles. The van der Waals surface area contributed by atoms with E-state index in [1.165, 1.54) is 0 Å². The van der Waals surface area contributed by atoms with E-state index in [9.17, 15) is 9.59 Å². The van der Waals surface area contributed by atoms with E-state index >= 15 is 0 Å². The second kappa shape index (κ2) is 9.75. The Labute approximate surface area is 179 Å². The molecule has 7 nitrogen and oxygen atoms in total. The van der Waals surface area contributed by atoms with E-state index in [0.717, 1.165) is 30.7 Å². The van der Waals surface area contributed by atoms with Gasteiger partial charge in [-0.1, -0.05) is 24.6 Å². The summed E-state index contributed by atoms with van der Waals surface area (Å²) in [4.78, 5) is 23.5. The SMILES string of the molecule is O=C1N[C@H]2[C@H](CS[C@H]2CCCCC(=O)Oc2ccc(/N=N/c3ccccc3)cc2)N1. The van der Waals surface area contributed by atoms with Crippen molar-refractivity contribution in [3.8, 4) is 5.75 Å². The number of nitrogens with zero attached hydrogens (tertiary/aromatic N) is 2. The number of thioether (sulfide) groups is 1. The van der Waals surface area contributed by atoms with E-state index in [1.807, 2.05) is 42.1 Å². The van der Waals surface area contributed by atoms with Gasteiger partial charge in [0.05, 0.1) is 23.5 Å². The molecule has 2 N–H and O–H groups in total. The van der Waals surface area contributed by atoms with Gasteiger partial charge < -0.3 is 15.4 Å². The number of amides is 2. The van der Waals surface area contributed by atoms with Gasteiger partial charge in [-0.25, -0.2) is 4.79 Å². The number of fused-ring (bicyclic) bond motifs is 1. The number of carbonyl (C=O) groups is 2. The van der Waals surface area contributed by atoms with Crippen LogP contribution in [0.15, 0.2) is 64.8 Å². The molecule has 4 rings (SSSR count). The molecule has 2 aliphatic rings. The Morgan fingerprint density at radius 2 is 1.73 bits per heavy atom. The summed E-state index contributed by atoms with van der Waals surface area (Å²) < 4.78 is 5.40. The number of nitrogens with one attached hydrogen (secondary N) is 2. The van der Waals surface area contributed by atoms with Crippen molar-refractivity contribution in [1.29, 1.82) is 0 Å². The minimum absolute atomic E-state index is 0.0635. The van der Waals surface area contributed by atoms with Crippen LogP contribution in [0.4, 0.5) is 16.2 Å². The second-order valence-electron chi connectivity index (χ2n) is 7.37. The van der Waals surface area contributed by atoms with Crippen molar-refractivity contribution < 1.29 is 14.3 Å². The zero-order chi connectivity index (χ0) is 20.8. The minimum Gasteiger partial charge on any atom is -0.427 e. The van der Waals surface area contributed by atoms with Gasteiger partial charge in [0.25, 0.3) is 0 Å². The largest absolute Gasteiger partial charge is 0.427 e. The fourth-order valence-corrected chi connectivity index (χ4v) is 5.17. The Morgan fingerprint density at radius 3 is 2.50 bits per heavy atom. The number of esters is 1. The number of carbonyl (C=O) groups excluding carboxylic acids is 2. The second-order valence-corrected chi connectivity index (χ2v) is 8.64. The van der Waals surface area contributed by atoms with Crippen LogP contribution in [-0.4, -0.2) is 35.1 Å². The van der Waals surface area contributed by atoms with Gasteiger partial charge in [0.1, 0.15) is 5.75 Å². The maximum Gasteiger partial charge on any atom is 0.315 e. The van der Waals surface area contributed by atoms with Crippen LogP contribution in [0, 0.1) is 0 Å². The zero-order valence-corrected chi connectivity index (χ0v) is 17.3. The standard InChI is InChI=1S/C22H24N4O3S/c27-20(9-5-4-8-19-21-18(14-30-19)23-22(28)24-21)29-17-12-10-16(11-13-17)26-25-15-6-2-1-3-7-15/h1-3,6-7,10-13,18-19,21H,4-5,8-9,14H2,(H2,23,24,28)/b26-25+/t18-,19-,21-/m0/s1. The van der Waals surface area contributed by atoms with Crippen LogP contribution < -0.4 is 15.4 Å². The normalized spacial score (nSPS) is 22.5. The van der Waals surface area contributed by atoms with Gasteiger partial charge in [-0.2, -0.15) is 22.0 Å². The highest BCUT2D eigenvalue weighted by Crippen LogP contribution is 2.33. The van der Waals surface area contributed by atoms with Crippen LogP contribution in [0.5, 0.6) is 5.75 Å². The van der Waals surface area contributed by atoms with Crippen molar-refractivity contribution in [2.24, 2.45) is 10.2 Å². The Morgan fingerprint density at radius 1 is 1.00 bits per heavy atom. The minimum atomic E-state index is -0.235. The molecular weight excluding hydrogens is 400 g/mol. The lowest BCUT2D eigenvalue weighted by Gasteiger charge is -2.16. The lowest BCUT2D eigenvalue weighted by atomic mass is 10.0. The highest BCUT2D eigenvalue weighted by atomic mass is 32.2. The van der Waals surface area contributed by atoms with Gasteiger partial charge in [-0.05, 0) is 49.2 Å². The molecule has 0 radical (unpaired) electrons. The number of hydrogen-bond acceptors (Lipinski definition) is 6. The van der Waals surface area contributed by atoms with E-state index in [4.69, 9.17) is 4.74 Å². The molecule has 0 aliphatic carbocycles. The summed E-state index contributed by atoms with van der Waals surface area (Å²) in [6.45, 7) is 0. The van der Waals surface area contributed by atoms with Crippen molar-refractivity contribution >= 4 is 35.1 Å². The molecule has 3 atom stereocenters. The third kappa shape index (κ3) is 5.38. The number of hydrogen-bond donors (Lipinski definition) is 2. The molecule has 2 saturated heterocycles. The van der Waals surface area contributed by atoms with Crippen molar-refractivity contribution in [2.45, 2.75) is 43.0 Å². The molecule has 2 aromatic carbocycles. The lowest BCUT2D eigenvalue weighted by Crippen LogP contribution is -2.36. The fraction of sp³-hybridized carbons (Fsp3) is 0.364. The molecule has 0 unspecified atom stereocenters. The maximum absolute atomic E-state index is 12.1. The number of urea groups is 1. The topological polar surface area (TPSA) is 92.2 Å². The van der Waals surface area contributed by atoms with E-state index in [0.29, 0.717) is 23.1 Å². The van der Waals surface area contributed by atoms with Crippen molar-refractivity contribution in [1.82, 2.24) is 10.6 Å². The summed E-state index contributed by atoms with van der Waals surface area (Å²) in [6, 6.07) is 16.9. The number of azo groups is 1. The first-order valence-electron chi connectivity index (χ1n) is 10.1. The van der Waals surface area contributed by atoms with E-state index in [2.05, 4.69) is 20.9 Å². The van der Waals surface area contributed by atoms with Gasteiger partial charge in [-0.15, -0.1) is 0 Å². The third-order valence-electron chi connectivity index (χ3n) is 5.16. The van der Waals surface area contributed by atoms with Gasteiger partial charge in [-0.3, -0.25) is 4.79 Å². The van der Waals surface area contributed by atoms with Gasteiger partial charge in [0.2, 0.25) is 0 Å². The summed E-state index contributed by atoms with van der Waals surface area (Å²) in [5, 5.41) is 14.7. The Hall–Kier alpha value is -2.87. The number of rotatable bonds is 8. The average molecular weight is 425 g/mol. The summed E-state index contributed by atoms with van der Waals surface area (Å²) in [7, 11) is 0. The summed E-state index contributed by atoms with van der Waals surface area (Å²) >= 11 is 1.89. The van der Waals surface area contributed by atoms with Crippen LogP contribution in [-0.2, 0) is 4.79 Å². The molecule has 0 aromatic heterocycles. The smallest absolute Gasteiger partial charge is 0.315 e. The van der Waals surface area contributed by atoms with E-state index < -0.39 is 0 Å². The quantitative estimate of drug-likeness (QED) is 0.211. The zero-order valence-electron chi connectivity index (χ0n) is 16.5. The van der Waals surface area contributed by atoms with Crippen LogP contribution in [0.3, 0.4) is 0 Å². The van der Waals surface area contributed by atoms with E-state index in [1.54, 1.807) is 24.3 Å². The molecule has 30 heavy (non-hydrogen) atoms. The number of benzene rings is 2. The molecule has 0 saturated carbocycles. The van der Waals surface area contributed by atoms with Crippen LogP contribution >= 0.6 is 11.8 Å². The molecular formula is C22H24N4O3S. The molecule has 2 aromatic rings. The van der Waals surface area contributed by atoms with Crippen molar-refractivity contribution in [3.05, 3.63) is 54.6 Å². The molecule has 156 valence electrons. The first-order valence-corrected chi connectivity index (χ1v) is 11.2. The molecule has 2 heterocycles. The fourth-order valence-electron chi connectivity index (χ4n) is 3.63. The first-order chi connectivity index (χ1) is 14.7. The molecule has 0 spiro atoms. The predicted molar refractivity (Wildman–Crippen MR) is 117 cm³/mol. The Kier molecular flexibility index (Phi) is 6.63. The number of unbranched alkanes of at least 4 members (excludes halogenated alkanes) is 1.